The molecule has 35 heavy (non-hydrogen) atoms. The van der Waals surface area contributed by atoms with Crippen LogP contribution in [-0.2, 0) is 23.8 Å². The van der Waals surface area contributed by atoms with Gasteiger partial charge in [0.2, 0.25) is 5.91 Å². The number of hydroxylamine groups is 1. The number of aliphatic hydroxyl groups is 1. The predicted octanol–water partition coefficient (Wildman–Crippen LogP) is 1.36. The second-order valence-corrected chi connectivity index (χ2v) is 8.96. The summed E-state index contributed by atoms with van der Waals surface area (Å²) >= 11 is 5.49. The molecular formula is C24H39N3O7S. The lowest BCUT2D eigenvalue weighted by Gasteiger charge is -2.29. The smallest absolute Gasteiger partial charge is 0.272 e. The molecule has 4 atom stereocenters. The molecule has 0 radical (unpaired) electrons. The van der Waals surface area contributed by atoms with Crippen molar-refractivity contribution in [3.63, 3.8) is 0 Å². The van der Waals surface area contributed by atoms with E-state index in [-0.39, 0.29) is 25.0 Å². The molecule has 0 fully saturated rings. The minimum atomic E-state index is -1.73. The van der Waals surface area contributed by atoms with Crippen LogP contribution in [0.15, 0.2) is 30.3 Å². The van der Waals surface area contributed by atoms with Crippen molar-refractivity contribution >= 4 is 29.0 Å². The van der Waals surface area contributed by atoms with Gasteiger partial charge in [-0.1, -0.05) is 63.3 Å². The zero-order chi connectivity index (χ0) is 26.2. The van der Waals surface area contributed by atoms with E-state index in [4.69, 9.17) is 31.6 Å². The van der Waals surface area contributed by atoms with Gasteiger partial charge >= 0.3 is 0 Å². The molecule has 11 heteroatoms. The van der Waals surface area contributed by atoms with E-state index in [1.54, 1.807) is 7.11 Å². The number of amides is 2. The number of ether oxygens (including phenoxy) is 3. The predicted molar refractivity (Wildman–Crippen MR) is 135 cm³/mol. The molecule has 1 aromatic rings. The molecule has 5 N–H and O–H groups in total. The van der Waals surface area contributed by atoms with Crippen LogP contribution in [0.1, 0.15) is 38.7 Å². The number of hydrogen-bond acceptors (Lipinski definition) is 8. The molecule has 0 aromatic heterocycles. The SMILES string of the molecule is COCCOCOCCNC(=S)[C@@H](NC(=O)[C@H](CC(C)c1ccccc1)[C@H](O)C(=O)NO)C(C)C. The fourth-order valence-electron chi connectivity index (χ4n) is 3.40. The quantitative estimate of drug-likeness (QED) is 0.0687. The Balaban J connectivity index is 2.75. The average molecular weight is 514 g/mol. The van der Waals surface area contributed by atoms with Gasteiger partial charge in [-0.2, -0.15) is 0 Å². The van der Waals surface area contributed by atoms with Crippen LogP contribution in [0.4, 0.5) is 0 Å². The molecular weight excluding hydrogens is 474 g/mol. The summed E-state index contributed by atoms with van der Waals surface area (Å²) in [5.74, 6) is -2.87. The van der Waals surface area contributed by atoms with E-state index in [2.05, 4.69) is 10.6 Å². The Labute approximate surface area is 212 Å². The first kappa shape index (κ1) is 30.9. The Bertz CT molecular complexity index is 767. The summed E-state index contributed by atoms with van der Waals surface area (Å²) < 4.78 is 15.5. The zero-order valence-electron chi connectivity index (χ0n) is 20.9. The average Bonchev–Trinajstić information content (AvgIpc) is 2.86. The van der Waals surface area contributed by atoms with Crippen LogP contribution in [0.3, 0.4) is 0 Å². The Kier molecular flexibility index (Phi) is 15.3. The van der Waals surface area contributed by atoms with Gasteiger partial charge in [0.25, 0.3) is 5.91 Å². The van der Waals surface area contributed by atoms with E-state index in [0.717, 1.165) is 5.56 Å². The molecule has 0 aliphatic rings. The van der Waals surface area contributed by atoms with E-state index in [0.29, 0.717) is 31.4 Å². The second-order valence-electron chi connectivity index (χ2n) is 8.52. The first-order valence-electron chi connectivity index (χ1n) is 11.6. The largest absolute Gasteiger partial charge is 0.382 e. The number of carbonyl (C=O) groups excluding carboxylic acids is 2. The highest BCUT2D eigenvalue weighted by Gasteiger charge is 2.35. The summed E-state index contributed by atoms with van der Waals surface area (Å²) in [5, 5.41) is 25.4. The van der Waals surface area contributed by atoms with Crippen molar-refractivity contribution < 1.29 is 34.1 Å². The molecule has 1 aromatic carbocycles. The van der Waals surface area contributed by atoms with Crippen LogP contribution in [0, 0.1) is 11.8 Å². The number of thiocarbonyl (C=S) groups is 1. The van der Waals surface area contributed by atoms with Crippen LogP contribution < -0.4 is 16.1 Å². The lowest BCUT2D eigenvalue weighted by Crippen LogP contribution is -2.53. The maximum atomic E-state index is 13.2. The minimum Gasteiger partial charge on any atom is -0.382 e. The number of methoxy groups -OCH3 is 1. The second kappa shape index (κ2) is 17.3. The molecule has 2 amide bonds. The fraction of sp³-hybridized carbons (Fsp3) is 0.625. The van der Waals surface area contributed by atoms with Crippen molar-refractivity contribution in [2.45, 2.75) is 45.3 Å². The summed E-state index contributed by atoms with van der Waals surface area (Å²) in [4.78, 5) is 25.6. The Morgan fingerprint density at radius 2 is 1.69 bits per heavy atom. The molecule has 0 heterocycles. The van der Waals surface area contributed by atoms with Gasteiger partial charge in [-0.25, -0.2) is 5.48 Å². The summed E-state index contributed by atoms with van der Waals surface area (Å²) in [5.41, 5.74) is 2.39. The molecule has 0 saturated heterocycles. The lowest BCUT2D eigenvalue weighted by molar-refractivity contribution is -0.146. The molecule has 198 valence electrons. The standard InChI is InChI=1S/C24H39N3O7S/c1-16(2)20(24(35)25-10-11-33-15-34-13-12-32-4)26-22(29)19(21(28)23(30)27-31)14-17(3)18-8-6-5-7-9-18/h5-9,16-17,19-21,28,31H,10-15H2,1-4H3,(H,25,35)(H,26,29)(H,27,30)/t17?,19-,20+,21+/m1/s1. The molecule has 1 rings (SSSR count). The van der Waals surface area contributed by atoms with E-state index in [9.17, 15) is 14.7 Å². The molecule has 0 aliphatic heterocycles. The van der Waals surface area contributed by atoms with Crippen molar-refractivity contribution in [3.05, 3.63) is 35.9 Å². The van der Waals surface area contributed by atoms with Crippen LogP contribution in [0.5, 0.6) is 0 Å². The molecule has 0 bridgehead atoms. The highest BCUT2D eigenvalue weighted by molar-refractivity contribution is 7.80. The zero-order valence-corrected chi connectivity index (χ0v) is 21.7. The minimum absolute atomic E-state index is 0.0618. The van der Waals surface area contributed by atoms with Crippen LogP contribution in [0.2, 0.25) is 0 Å². The maximum Gasteiger partial charge on any atom is 0.272 e. The van der Waals surface area contributed by atoms with Crippen LogP contribution in [-0.4, -0.2) is 79.5 Å². The number of carbonyl (C=O) groups is 2. The highest BCUT2D eigenvalue weighted by atomic mass is 32.1. The molecule has 10 nitrogen and oxygen atoms in total. The van der Waals surface area contributed by atoms with Crippen molar-refractivity contribution in [2.75, 3.05) is 40.3 Å². The first-order valence-corrected chi connectivity index (χ1v) is 12.0. The Morgan fingerprint density at radius 1 is 1.03 bits per heavy atom. The monoisotopic (exact) mass is 513 g/mol. The van der Waals surface area contributed by atoms with Gasteiger partial charge < -0.3 is 30.0 Å². The van der Waals surface area contributed by atoms with E-state index >= 15 is 0 Å². The number of aliphatic hydroxyl groups excluding tert-OH is 1. The summed E-state index contributed by atoms with van der Waals surface area (Å²) in [6.45, 7) is 7.52. The van der Waals surface area contributed by atoms with E-state index in [1.807, 2.05) is 51.1 Å². The number of nitrogens with one attached hydrogen (secondary N) is 3. The summed E-state index contributed by atoms with van der Waals surface area (Å²) in [6, 6.07) is 8.94. The van der Waals surface area contributed by atoms with E-state index < -0.39 is 29.9 Å². The Hall–Kier alpha value is -2.15. The third kappa shape index (κ3) is 11.4. The summed E-state index contributed by atoms with van der Waals surface area (Å²) in [6.07, 6.45) is -1.54. The van der Waals surface area contributed by atoms with Gasteiger partial charge in [0.1, 0.15) is 12.9 Å². The van der Waals surface area contributed by atoms with Gasteiger partial charge in [-0.15, -0.1) is 0 Å². The van der Waals surface area contributed by atoms with Gasteiger partial charge in [-0.05, 0) is 23.8 Å². The molecule has 0 saturated carbocycles. The van der Waals surface area contributed by atoms with Crippen molar-refractivity contribution in [1.82, 2.24) is 16.1 Å². The fourth-order valence-corrected chi connectivity index (χ4v) is 3.83. The lowest BCUT2D eigenvalue weighted by atomic mass is 9.86. The third-order valence-electron chi connectivity index (χ3n) is 5.46. The molecule has 0 aliphatic carbocycles. The third-order valence-corrected chi connectivity index (χ3v) is 5.86. The number of hydrogen-bond donors (Lipinski definition) is 5. The van der Waals surface area contributed by atoms with Crippen molar-refractivity contribution in [3.8, 4) is 0 Å². The topological polar surface area (TPSA) is 138 Å². The van der Waals surface area contributed by atoms with Gasteiger partial charge in [0.05, 0.1) is 36.8 Å². The maximum absolute atomic E-state index is 13.2. The van der Waals surface area contributed by atoms with Crippen molar-refractivity contribution in [2.24, 2.45) is 11.8 Å². The normalized spacial score (nSPS) is 14.6. The van der Waals surface area contributed by atoms with Crippen LogP contribution >= 0.6 is 12.2 Å². The van der Waals surface area contributed by atoms with Crippen LogP contribution in [0.25, 0.3) is 0 Å². The highest BCUT2D eigenvalue weighted by Crippen LogP contribution is 2.26. The molecule has 1 unspecified atom stereocenters. The van der Waals surface area contributed by atoms with Gasteiger partial charge in [0, 0.05) is 13.7 Å². The molecule has 0 spiro atoms. The number of benzene rings is 1. The van der Waals surface area contributed by atoms with Gasteiger partial charge in [-0.3, -0.25) is 14.8 Å². The van der Waals surface area contributed by atoms with E-state index in [1.165, 1.54) is 5.48 Å². The Morgan fingerprint density at radius 3 is 2.29 bits per heavy atom. The first-order chi connectivity index (χ1) is 16.7. The van der Waals surface area contributed by atoms with Gasteiger partial charge in [0.15, 0.2) is 0 Å². The number of rotatable bonds is 17. The summed E-state index contributed by atoms with van der Waals surface area (Å²) in [7, 11) is 1.59. The van der Waals surface area contributed by atoms with Crippen molar-refractivity contribution in [1.29, 1.82) is 0 Å².